The molecule has 0 aromatic carbocycles. The summed E-state index contributed by atoms with van der Waals surface area (Å²) in [6.07, 6.45) is 3.11. The van der Waals surface area contributed by atoms with Crippen LogP contribution in [0.2, 0.25) is 0 Å². The summed E-state index contributed by atoms with van der Waals surface area (Å²) in [5, 5.41) is 3.40. The van der Waals surface area contributed by atoms with Crippen LogP contribution < -0.4 is 5.32 Å². The van der Waals surface area contributed by atoms with Crippen molar-refractivity contribution in [2.45, 2.75) is 25.4 Å². The summed E-state index contributed by atoms with van der Waals surface area (Å²) in [7, 11) is 2.19. The second-order valence-electron chi connectivity index (χ2n) is 4.24. The van der Waals surface area contributed by atoms with Gasteiger partial charge in [-0.25, -0.2) is 0 Å². The number of likely N-dealkylation sites (N-methyl/N-ethyl adjacent to an activating group) is 1. The summed E-state index contributed by atoms with van der Waals surface area (Å²) in [6.45, 7) is 4.47. The van der Waals surface area contributed by atoms with Gasteiger partial charge in [0.2, 0.25) is 0 Å². The van der Waals surface area contributed by atoms with Crippen LogP contribution in [0.15, 0.2) is 24.4 Å². The van der Waals surface area contributed by atoms with Crippen LogP contribution in [0.3, 0.4) is 0 Å². The van der Waals surface area contributed by atoms with Gasteiger partial charge in [-0.3, -0.25) is 9.88 Å². The van der Waals surface area contributed by atoms with Crippen molar-refractivity contribution in [2.24, 2.45) is 0 Å². The molecule has 4 heteroatoms. The van der Waals surface area contributed by atoms with Crippen LogP contribution in [0.1, 0.15) is 25.1 Å². The Morgan fingerprint density at radius 3 is 2.88 bits per heavy atom. The molecule has 0 aliphatic carbocycles. The molecule has 1 saturated heterocycles. The van der Waals surface area contributed by atoms with Crippen LogP contribution in [0.4, 0.5) is 0 Å². The van der Waals surface area contributed by atoms with E-state index in [-0.39, 0.29) is 12.4 Å². The van der Waals surface area contributed by atoms with Crippen LogP contribution >= 0.6 is 12.4 Å². The third-order valence-corrected chi connectivity index (χ3v) is 3.34. The Balaban J connectivity index is 0.00000128. The predicted molar refractivity (Wildman–Crippen MR) is 68.9 cm³/mol. The first kappa shape index (κ1) is 13.4. The first-order valence-corrected chi connectivity index (χ1v) is 5.62. The lowest BCUT2D eigenvalue weighted by Crippen LogP contribution is -2.35. The van der Waals surface area contributed by atoms with Gasteiger partial charge in [0.25, 0.3) is 0 Å². The van der Waals surface area contributed by atoms with E-state index in [1.165, 1.54) is 6.42 Å². The second kappa shape index (κ2) is 6.18. The van der Waals surface area contributed by atoms with E-state index in [1.54, 1.807) is 0 Å². The van der Waals surface area contributed by atoms with Crippen molar-refractivity contribution >= 4 is 12.4 Å². The minimum Gasteiger partial charge on any atom is -0.315 e. The monoisotopic (exact) mass is 241 g/mol. The van der Waals surface area contributed by atoms with Crippen LogP contribution in [0.25, 0.3) is 0 Å². The highest BCUT2D eigenvalue weighted by molar-refractivity contribution is 5.85. The largest absolute Gasteiger partial charge is 0.315 e. The van der Waals surface area contributed by atoms with E-state index in [0.717, 1.165) is 18.8 Å². The molecule has 0 bridgehead atoms. The van der Waals surface area contributed by atoms with Crippen molar-refractivity contribution in [3.05, 3.63) is 30.1 Å². The fourth-order valence-corrected chi connectivity index (χ4v) is 2.13. The number of rotatable bonds is 3. The van der Waals surface area contributed by atoms with Crippen LogP contribution in [-0.2, 0) is 0 Å². The molecule has 1 aromatic rings. The van der Waals surface area contributed by atoms with E-state index in [2.05, 4.69) is 41.3 Å². The average Bonchev–Trinajstić information content (AvgIpc) is 2.82. The molecule has 90 valence electrons. The number of aromatic nitrogens is 1. The zero-order chi connectivity index (χ0) is 10.7. The Morgan fingerprint density at radius 2 is 2.31 bits per heavy atom. The first-order chi connectivity index (χ1) is 7.29. The Morgan fingerprint density at radius 1 is 1.50 bits per heavy atom. The number of hydrogen-bond acceptors (Lipinski definition) is 3. The van der Waals surface area contributed by atoms with Crippen molar-refractivity contribution < 1.29 is 0 Å². The molecule has 1 aliphatic rings. The summed E-state index contributed by atoms with van der Waals surface area (Å²) >= 11 is 0. The molecule has 1 fully saturated rings. The maximum atomic E-state index is 4.41. The van der Waals surface area contributed by atoms with Gasteiger partial charge in [-0.15, -0.1) is 12.4 Å². The van der Waals surface area contributed by atoms with E-state index in [1.807, 2.05) is 12.3 Å². The highest BCUT2D eigenvalue weighted by atomic mass is 35.5. The Hall–Kier alpha value is -0.640. The Bertz CT molecular complexity index is 298. The van der Waals surface area contributed by atoms with Gasteiger partial charge in [0.05, 0.1) is 5.69 Å². The standard InChI is InChI=1S/C12H19N3.ClH/c1-10(12-5-3-4-7-14-12)15(2)11-6-8-13-9-11;/h3-5,7,10-11,13H,6,8-9H2,1-2H3;1H/t10?,11-;/m1./s1. The number of nitrogens with zero attached hydrogens (tertiary/aromatic N) is 2. The fourth-order valence-electron chi connectivity index (χ4n) is 2.13. The van der Waals surface area contributed by atoms with E-state index in [0.29, 0.717) is 12.1 Å². The molecule has 3 nitrogen and oxygen atoms in total. The van der Waals surface area contributed by atoms with Gasteiger partial charge in [-0.2, -0.15) is 0 Å². The molecular weight excluding hydrogens is 222 g/mol. The molecule has 1 aromatic heterocycles. The summed E-state index contributed by atoms with van der Waals surface area (Å²) in [5.41, 5.74) is 1.16. The average molecular weight is 242 g/mol. The molecule has 1 N–H and O–H groups in total. The minimum absolute atomic E-state index is 0. The zero-order valence-electron chi connectivity index (χ0n) is 9.89. The van der Waals surface area contributed by atoms with E-state index >= 15 is 0 Å². The van der Waals surface area contributed by atoms with Gasteiger partial charge in [-0.1, -0.05) is 6.07 Å². The second-order valence-corrected chi connectivity index (χ2v) is 4.24. The van der Waals surface area contributed by atoms with Crippen molar-refractivity contribution in [1.29, 1.82) is 0 Å². The van der Waals surface area contributed by atoms with Crippen molar-refractivity contribution in [2.75, 3.05) is 20.1 Å². The summed E-state index contributed by atoms with van der Waals surface area (Å²) < 4.78 is 0. The Labute approximate surface area is 104 Å². The molecule has 2 atom stereocenters. The zero-order valence-corrected chi connectivity index (χ0v) is 10.7. The Kier molecular flexibility index (Phi) is 5.19. The molecule has 0 amide bonds. The minimum atomic E-state index is 0. The number of halogens is 1. The topological polar surface area (TPSA) is 28.2 Å². The lowest BCUT2D eigenvalue weighted by atomic mass is 10.1. The summed E-state index contributed by atoms with van der Waals surface area (Å²) in [6, 6.07) is 7.18. The summed E-state index contributed by atoms with van der Waals surface area (Å²) in [5.74, 6) is 0. The fraction of sp³-hybridized carbons (Fsp3) is 0.583. The van der Waals surface area contributed by atoms with E-state index in [4.69, 9.17) is 0 Å². The maximum Gasteiger partial charge on any atom is 0.0572 e. The van der Waals surface area contributed by atoms with Crippen molar-refractivity contribution in [3.63, 3.8) is 0 Å². The molecule has 2 rings (SSSR count). The lowest BCUT2D eigenvalue weighted by Gasteiger charge is -2.29. The van der Waals surface area contributed by atoms with Gasteiger partial charge in [-0.05, 0) is 39.1 Å². The maximum absolute atomic E-state index is 4.41. The highest BCUT2D eigenvalue weighted by Gasteiger charge is 2.24. The van der Waals surface area contributed by atoms with Gasteiger partial charge in [0.1, 0.15) is 0 Å². The molecule has 0 radical (unpaired) electrons. The molecule has 0 saturated carbocycles. The van der Waals surface area contributed by atoms with E-state index < -0.39 is 0 Å². The SMILES string of the molecule is CC(c1ccccn1)N(C)[C@@H]1CCNC1.Cl. The smallest absolute Gasteiger partial charge is 0.0572 e. The van der Waals surface area contributed by atoms with Gasteiger partial charge in [0, 0.05) is 24.8 Å². The number of hydrogen-bond donors (Lipinski definition) is 1. The van der Waals surface area contributed by atoms with Gasteiger partial charge in [0.15, 0.2) is 0 Å². The molecule has 0 spiro atoms. The predicted octanol–water partition coefficient (Wildman–Crippen LogP) is 1.86. The molecule has 2 heterocycles. The van der Waals surface area contributed by atoms with Crippen molar-refractivity contribution in [1.82, 2.24) is 15.2 Å². The normalized spacial score (nSPS) is 21.8. The van der Waals surface area contributed by atoms with Crippen molar-refractivity contribution in [3.8, 4) is 0 Å². The third kappa shape index (κ3) is 2.94. The number of pyridine rings is 1. The summed E-state index contributed by atoms with van der Waals surface area (Å²) in [4.78, 5) is 6.83. The van der Waals surface area contributed by atoms with Gasteiger partial charge < -0.3 is 5.32 Å². The quantitative estimate of drug-likeness (QED) is 0.876. The third-order valence-electron chi connectivity index (χ3n) is 3.34. The van der Waals surface area contributed by atoms with Crippen LogP contribution in [-0.4, -0.2) is 36.1 Å². The first-order valence-electron chi connectivity index (χ1n) is 5.62. The molecule has 16 heavy (non-hydrogen) atoms. The van der Waals surface area contributed by atoms with E-state index in [9.17, 15) is 0 Å². The lowest BCUT2D eigenvalue weighted by molar-refractivity contribution is 0.193. The molecule has 1 unspecified atom stereocenters. The van der Waals surface area contributed by atoms with Crippen LogP contribution in [0, 0.1) is 0 Å². The highest BCUT2D eigenvalue weighted by Crippen LogP contribution is 2.20. The molecular formula is C12H20ClN3. The molecule has 1 aliphatic heterocycles. The number of nitrogens with one attached hydrogen (secondary N) is 1. The van der Waals surface area contributed by atoms with Gasteiger partial charge >= 0.3 is 0 Å². The van der Waals surface area contributed by atoms with Crippen LogP contribution in [0.5, 0.6) is 0 Å².